The summed E-state index contributed by atoms with van der Waals surface area (Å²) in [6.07, 6.45) is 0. The fraction of sp³-hybridized carbons (Fsp3) is 0.0500. The zero-order valence-electron chi connectivity index (χ0n) is 15.6. The predicted molar refractivity (Wildman–Crippen MR) is 109 cm³/mol. The number of phenols is 1. The van der Waals surface area contributed by atoms with Crippen molar-refractivity contribution in [1.29, 1.82) is 0 Å². The van der Waals surface area contributed by atoms with Gasteiger partial charge in [0.05, 0.1) is 10.8 Å². The Hall–Kier alpha value is -3.37. The Morgan fingerprint density at radius 3 is 2.42 bits per heavy atom. The molecule has 11 heteroatoms. The van der Waals surface area contributed by atoms with Crippen molar-refractivity contribution < 1.29 is 22.3 Å². The molecule has 0 aliphatic rings. The van der Waals surface area contributed by atoms with Gasteiger partial charge in [-0.05, 0) is 29.0 Å². The highest BCUT2D eigenvalue weighted by molar-refractivity contribution is 7.90. The fourth-order valence-corrected chi connectivity index (χ4v) is 4.82. The van der Waals surface area contributed by atoms with E-state index < -0.39 is 37.9 Å². The monoisotopic (exact) mass is 462 g/mol. The average Bonchev–Trinajstić information content (AvgIpc) is 3.27. The van der Waals surface area contributed by atoms with Gasteiger partial charge in [-0.15, -0.1) is 10.2 Å². The maximum Gasteiger partial charge on any atom is 0.204 e. The third kappa shape index (κ3) is 4.12. The largest absolute Gasteiger partial charge is 0.505 e. The van der Waals surface area contributed by atoms with Crippen LogP contribution >= 0.6 is 11.6 Å². The van der Waals surface area contributed by atoms with Crippen LogP contribution in [0.15, 0.2) is 59.5 Å². The molecular weight excluding hydrogens is 450 g/mol. The van der Waals surface area contributed by atoms with E-state index in [-0.39, 0.29) is 27.5 Å². The van der Waals surface area contributed by atoms with Crippen molar-refractivity contribution in [3.05, 3.63) is 76.8 Å². The summed E-state index contributed by atoms with van der Waals surface area (Å²) in [5.41, 5.74) is 0.430. The lowest BCUT2D eigenvalue weighted by Crippen LogP contribution is -2.08. The molecule has 0 amide bonds. The summed E-state index contributed by atoms with van der Waals surface area (Å²) >= 11 is 5.98. The molecule has 0 saturated carbocycles. The van der Waals surface area contributed by atoms with E-state index in [1.807, 2.05) is 0 Å². The third-order valence-electron chi connectivity index (χ3n) is 4.53. The smallest absolute Gasteiger partial charge is 0.204 e. The van der Waals surface area contributed by atoms with Gasteiger partial charge in [0.2, 0.25) is 5.82 Å². The second-order valence-corrected chi connectivity index (χ2v) is 8.95. The van der Waals surface area contributed by atoms with E-state index in [0.717, 1.165) is 12.1 Å². The second-order valence-electron chi connectivity index (χ2n) is 6.59. The topological polar surface area (TPSA) is 109 Å². The van der Waals surface area contributed by atoms with E-state index in [0.29, 0.717) is 11.6 Å². The number of phenolic OH excluding ortho intramolecular Hbond substituents is 1. The molecule has 3 aromatic carbocycles. The van der Waals surface area contributed by atoms with E-state index >= 15 is 0 Å². The van der Waals surface area contributed by atoms with Gasteiger partial charge in [-0.25, -0.2) is 17.2 Å². The number of nitrogens with one attached hydrogen (secondary N) is 1. The van der Waals surface area contributed by atoms with Gasteiger partial charge in [-0.2, -0.15) is 5.21 Å². The van der Waals surface area contributed by atoms with Crippen LogP contribution in [0.1, 0.15) is 5.56 Å². The lowest BCUT2D eigenvalue weighted by molar-refractivity contribution is 0.459. The lowest BCUT2D eigenvalue weighted by atomic mass is 10.0. The maximum absolute atomic E-state index is 14.4. The summed E-state index contributed by atoms with van der Waals surface area (Å²) < 4.78 is 54.9. The number of aromatic hydroxyl groups is 1. The van der Waals surface area contributed by atoms with Crippen LogP contribution in [0.25, 0.3) is 22.5 Å². The van der Waals surface area contributed by atoms with Crippen molar-refractivity contribution in [3.8, 4) is 28.3 Å². The van der Waals surface area contributed by atoms with Crippen LogP contribution in [0.4, 0.5) is 8.78 Å². The zero-order valence-corrected chi connectivity index (χ0v) is 17.1. The molecule has 1 aromatic heterocycles. The maximum atomic E-state index is 14.4. The minimum Gasteiger partial charge on any atom is -0.505 e. The van der Waals surface area contributed by atoms with Crippen LogP contribution in [-0.2, 0) is 15.6 Å². The summed E-state index contributed by atoms with van der Waals surface area (Å²) in [6, 6.07) is 12.5. The number of nitrogens with zero attached hydrogens (tertiary/aromatic N) is 3. The molecule has 0 radical (unpaired) electrons. The van der Waals surface area contributed by atoms with Gasteiger partial charge in [0, 0.05) is 22.8 Å². The molecule has 0 aliphatic heterocycles. The number of benzene rings is 3. The fourth-order valence-electron chi connectivity index (χ4n) is 3.05. The molecule has 31 heavy (non-hydrogen) atoms. The number of sulfone groups is 1. The standard InChI is InChI=1S/C20H13ClF2N4O3S/c21-15-7-12(20-24-26-27-25-20)8-18(19(15)28)31(29,30)10-13-6-14(17(23)9-16(13)22)11-4-2-1-3-5-11/h1-9,28H,10H2,(H,24,25,26,27). The first-order chi connectivity index (χ1) is 14.8. The predicted octanol–water partition coefficient (Wildman–Crippen LogP) is 4.14. The molecule has 0 unspecified atom stereocenters. The quantitative estimate of drug-likeness (QED) is 0.461. The number of H-pyrrole nitrogens is 1. The highest BCUT2D eigenvalue weighted by Gasteiger charge is 2.26. The number of rotatable bonds is 5. The molecule has 7 nitrogen and oxygen atoms in total. The number of halogens is 3. The van der Waals surface area contributed by atoms with E-state index in [1.54, 1.807) is 30.3 Å². The Labute approximate surface area is 180 Å². The average molecular weight is 463 g/mol. The SMILES string of the molecule is O=S(=O)(Cc1cc(-c2ccccc2)c(F)cc1F)c1cc(-c2nn[nH]n2)cc(Cl)c1O. The van der Waals surface area contributed by atoms with Crippen LogP contribution in [0.5, 0.6) is 5.75 Å². The van der Waals surface area contributed by atoms with Crippen molar-refractivity contribution in [1.82, 2.24) is 20.6 Å². The molecule has 0 aliphatic carbocycles. The summed E-state index contributed by atoms with van der Waals surface area (Å²) in [4.78, 5) is -0.537. The van der Waals surface area contributed by atoms with Crippen molar-refractivity contribution in [2.75, 3.05) is 0 Å². The third-order valence-corrected chi connectivity index (χ3v) is 6.49. The number of tetrazole rings is 1. The van der Waals surface area contributed by atoms with E-state index in [2.05, 4.69) is 20.6 Å². The van der Waals surface area contributed by atoms with E-state index in [4.69, 9.17) is 11.6 Å². The normalized spacial score (nSPS) is 11.6. The summed E-state index contributed by atoms with van der Waals surface area (Å²) in [7, 11) is -4.30. The summed E-state index contributed by atoms with van der Waals surface area (Å²) in [6.45, 7) is 0. The van der Waals surface area contributed by atoms with Gasteiger partial charge in [-0.3, -0.25) is 0 Å². The second kappa shape index (κ2) is 8.05. The molecule has 0 saturated heterocycles. The minimum absolute atomic E-state index is 0.0509. The number of hydrogen-bond acceptors (Lipinski definition) is 6. The summed E-state index contributed by atoms with van der Waals surface area (Å²) in [5.74, 6) is -3.33. The van der Waals surface area contributed by atoms with Crippen LogP contribution in [0.2, 0.25) is 5.02 Å². The van der Waals surface area contributed by atoms with Gasteiger partial charge < -0.3 is 5.11 Å². The van der Waals surface area contributed by atoms with Gasteiger partial charge >= 0.3 is 0 Å². The van der Waals surface area contributed by atoms with Crippen molar-refractivity contribution in [3.63, 3.8) is 0 Å². The first-order valence-corrected chi connectivity index (χ1v) is 10.8. The Morgan fingerprint density at radius 1 is 1.00 bits per heavy atom. The van der Waals surface area contributed by atoms with Crippen molar-refractivity contribution in [2.24, 2.45) is 0 Å². The number of aromatic amines is 1. The Kier molecular flexibility index (Phi) is 5.42. The first-order valence-electron chi connectivity index (χ1n) is 8.78. The molecule has 158 valence electrons. The lowest BCUT2D eigenvalue weighted by Gasteiger charge is -2.12. The molecule has 0 atom stereocenters. The molecule has 0 spiro atoms. The minimum atomic E-state index is -4.30. The zero-order chi connectivity index (χ0) is 22.2. The van der Waals surface area contributed by atoms with E-state index in [1.165, 1.54) is 6.07 Å². The summed E-state index contributed by atoms with van der Waals surface area (Å²) in [5, 5.41) is 23.1. The van der Waals surface area contributed by atoms with Crippen LogP contribution in [0, 0.1) is 11.6 Å². The van der Waals surface area contributed by atoms with Crippen LogP contribution in [-0.4, -0.2) is 34.1 Å². The molecule has 4 rings (SSSR count). The number of hydrogen-bond donors (Lipinski definition) is 2. The van der Waals surface area contributed by atoms with Gasteiger partial charge in [-0.1, -0.05) is 41.9 Å². The highest BCUT2D eigenvalue weighted by Crippen LogP contribution is 2.37. The van der Waals surface area contributed by atoms with E-state index in [9.17, 15) is 22.3 Å². The van der Waals surface area contributed by atoms with Gasteiger partial charge in [0.1, 0.15) is 16.5 Å². The molecule has 2 N–H and O–H groups in total. The Morgan fingerprint density at radius 2 is 1.74 bits per heavy atom. The van der Waals surface area contributed by atoms with Gasteiger partial charge in [0.25, 0.3) is 0 Å². The van der Waals surface area contributed by atoms with Crippen molar-refractivity contribution >= 4 is 21.4 Å². The molecule has 0 fully saturated rings. The van der Waals surface area contributed by atoms with Crippen LogP contribution in [0.3, 0.4) is 0 Å². The Bertz CT molecular complexity index is 1370. The van der Waals surface area contributed by atoms with Crippen LogP contribution < -0.4 is 0 Å². The number of aromatic nitrogens is 4. The first kappa shape index (κ1) is 20.9. The molecule has 4 aromatic rings. The van der Waals surface area contributed by atoms with Crippen molar-refractivity contribution in [2.45, 2.75) is 10.6 Å². The molecular formula is C20H13ClF2N4O3S. The molecule has 1 heterocycles. The molecule has 0 bridgehead atoms. The Balaban J connectivity index is 1.78. The van der Waals surface area contributed by atoms with Gasteiger partial charge in [0.15, 0.2) is 15.6 Å². The highest BCUT2D eigenvalue weighted by atomic mass is 35.5.